The summed E-state index contributed by atoms with van der Waals surface area (Å²) in [6.45, 7) is 1.82. The van der Waals surface area contributed by atoms with Gasteiger partial charge in [0.2, 0.25) is 5.91 Å². The molecule has 2 aromatic heterocycles. The molecule has 8 heteroatoms. The zero-order valence-electron chi connectivity index (χ0n) is 14.0. The van der Waals surface area contributed by atoms with Crippen LogP contribution in [0.1, 0.15) is 41.5 Å². The van der Waals surface area contributed by atoms with Crippen molar-refractivity contribution >= 4 is 22.4 Å². The van der Waals surface area contributed by atoms with Crippen LogP contribution in [0.5, 0.6) is 0 Å². The maximum absolute atomic E-state index is 12.0. The Kier molecular flexibility index (Phi) is 4.98. The Labute approximate surface area is 144 Å². The van der Waals surface area contributed by atoms with Crippen molar-refractivity contribution in [1.29, 1.82) is 0 Å². The van der Waals surface area contributed by atoms with Gasteiger partial charge in [-0.25, -0.2) is 4.98 Å². The summed E-state index contributed by atoms with van der Waals surface area (Å²) in [7, 11) is 3.35. The molecule has 1 aliphatic carbocycles. The molecule has 24 heavy (non-hydrogen) atoms. The molecule has 0 aliphatic heterocycles. The Hall–Kier alpha value is -1.77. The van der Waals surface area contributed by atoms with Crippen molar-refractivity contribution in [2.75, 3.05) is 19.5 Å². The van der Waals surface area contributed by atoms with Gasteiger partial charge in [-0.1, -0.05) is 5.16 Å². The highest BCUT2D eigenvalue weighted by Gasteiger charge is 2.40. The number of carbonyl (C=O) groups is 1. The number of thiazole rings is 1. The van der Waals surface area contributed by atoms with E-state index in [0.29, 0.717) is 16.8 Å². The van der Waals surface area contributed by atoms with E-state index in [4.69, 9.17) is 14.0 Å². The van der Waals surface area contributed by atoms with E-state index in [9.17, 15) is 4.79 Å². The van der Waals surface area contributed by atoms with E-state index in [1.807, 2.05) is 13.1 Å². The van der Waals surface area contributed by atoms with Crippen LogP contribution in [0.2, 0.25) is 0 Å². The number of anilines is 1. The Morgan fingerprint density at radius 1 is 1.50 bits per heavy atom. The number of methoxy groups -OCH3 is 2. The number of hydrogen-bond donors (Lipinski definition) is 1. The van der Waals surface area contributed by atoms with Gasteiger partial charge in [0.05, 0.1) is 12.1 Å². The number of rotatable bonds is 6. The minimum Gasteiger partial charge on any atom is -0.361 e. The fourth-order valence-electron chi connectivity index (χ4n) is 3.03. The minimum absolute atomic E-state index is 0.148. The summed E-state index contributed by atoms with van der Waals surface area (Å²) in [6, 6.07) is 1.75. The summed E-state index contributed by atoms with van der Waals surface area (Å²) >= 11 is 1.50. The maximum atomic E-state index is 12.0. The second-order valence-corrected chi connectivity index (χ2v) is 7.05. The van der Waals surface area contributed by atoms with E-state index in [2.05, 4.69) is 15.5 Å². The summed E-state index contributed by atoms with van der Waals surface area (Å²) in [4.78, 5) is 17.5. The summed E-state index contributed by atoms with van der Waals surface area (Å²) in [5, 5.41) is 7.18. The van der Waals surface area contributed by atoms with Gasteiger partial charge in [-0.15, -0.1) is 11.3 Å². The lowest BCUT2D eigenvalue weighted by Crippen LogP contribution is -2.29. The normalized spacial score (nSPS) is 19.5. The molecule has 2 heterocycles. The van der Waals surface area contributed by atoms with Crippen LogP contribution in [-0.4, -0.2) is 36.1 Å². The lowest BCUT2D eigenvalue weighted by atomic mass is 10.1. The number of aryl methyl sites for hydroxylation is 1. The van der Waals surface area contributed by atoms with Crippen molar-refractivity contribution in [2.24, 2.45) is 0 Å². The molecular weight excluding hydrogens is 330 g/mol. The number of nitrogens with zero attached hydrogens (tertiary/aromatic N) is 2. The monoisotopic (exact) mass is 351 g/mol. The van der Waals surface area contributed by atoms with Crippen molar-refractivity contribution in [2.45, 2.75) is 44.3 Å². The zero-order chi connectivity index (χ0) is 17.2. The smallest absolute Gasteiger partial charge is 0.233 e. The van der Waals surface area contributed by atoms with Crippen molar-refractivity contribution in [3.8, 4) is 0 Å². The molecule has 0 radical (unpaired) electrons. The molecule has 1 unspecified atom stereocenters. The van der Waals surface area contributed by atoms with Gasteiger partial charge in [-0.2, -0.15) is 0 Å². The molecular formula is C16H21N3O4S. The molecule has 1 atom stereocenters. The molecule has 3 rings (SSSR count). The fourth-order valence-corrected chi connectivity index (χ4v) is 3.99. The van der Waals surface area contributed by atoms with Crippen molar-refractivity contribution in [3.05, 3.63) is 28.6 Å². The van der Waals surface area contributed by atoms with Crippen molar-refractivity contribution in [3.63, 3.8) is 0 Å². The molecule has 1 N–H and O–H groups in total. The first-order valence-corrected chi connectivity index (χ1v) is 8.63. The van der Waals surface area contributed by atoms with Gasteiger partial charge in [0, 0.05) is 50.1 Å². The molecule has 1 saturated carbocycles. The summed E-state index contributed by atoms with van der Waals surface area (Å²) in [5.74, 6) is 0.219. The number of hydrogen-bond acceptors (Lipinski definition) is 7. The molecule has 0 aromatic carbocycles. The van der Waals surface area contributed by atoms with Crippen LogP contribution < -0.4 is 5.32 Å². The molecule has 0 spiro atoms. The van der Waals surface area contributed by atoms with E-state index < -0.39 is 5.79 Å². The predicted octanol–water partition coefficient (Wildman–Crippen LogP) is 2.88. The third-order valence-electron chi connectivity index (χ3n) is 4.36. The van der Waals surface area contributed by atoms with E-state index in [1.54, 1.807) is 20.3 Å². The highest BCUT2D eigenvalue weighted by atomic mass is 32.1. The van der Waals surface area contributed by atoms with Gasteiger partial charge >= 0.3 is 0 Å². The summed E-state index contributed by atoms with van der Waals surface area (Å²) < 4.78 is 16.1. The first-order valence-electron chi connectivity index (χ1n) is 7.81. The van der Waals surface area contributed by atoms with Crippen LogP contribution in [0.25, 0.3) is 0 Å². The van der Waals surface area contributed by atoms with Gasteiger partial charge in [0.15, 0.2) is 10.9 Å². The SMILES string of the molecule is COC1(OC)CCC(c2cnc(NC(=O)Cc3cc(C)no3)s2)C1. The number of carbonyl (C=O) groups excluding carboxylic acids is 1. The van der Waals surface area contributed by atoms with Crippen molar-refractivity contribution in [1.82, 2.24) is 10.1 Å². The first kappa shape index (κ1) is 17.1. The average molecular weight is 351 g/mol. The fraction of sp³-hybridized carbons (Fsp3) is 0.562. The lowest BCUT2D eigenvalue weighted by Gasteiger charge is -2.25. The number of nitrogens with one attached hydrogen (secondary N) is 1. The third-order valence-corrected chi connectivity index (χ3v) is 5.43. The van der Waals surface area contributed by atoms with Crippen LogP contribution in [0.4, 0.5) is 5.13 Å². The molecule has 1 amide bonds. The van der Waals surface area contributed by atoms with Gasteiger partial charge in [0.1, 0.15) is 5.76 Å². The molecule has 1 aliphatic rings. The van der Waals surface area contributed by atoms with Crippen molar-refractivity contribution < 1.29 is 18.8 Å². The van der Waals surface area contributed by atoms with E-state index in [-0.39, 0.29) is 12.3 Å². The number of amides is 1. The Bertz CT molecular complexity index is 708. The molecule has 7 nitrogen and oxygen atoms in total. The van der Waals surface area contributed by atoms with Crippen LogP contribution in [0.15, 0.2) is 16.8 Å². The molecule has 2 aromatic rings. The first-order chi connectivity index (χ1) is 11.5. The topological polar surface area (TPSA) is 86.5 Å². The summed E-state index contributed by atoms with van der Waals surface area (Å²) in [5.41, 5.74) is 0.760. The molecule has 0 saturated heterocycles. The largest absolute Gasteiger partial charge is 0.361 e. The predicted molar refractivity (Wildman–Crippen MR) is 89.0 cm³/mol. The van der Waals surface area contributed by atoms with E-state index >= 15 is 0 Å². The van der Waals surface area contributed by atoms with Crippen LogP contribution in [-0.2, 0) is 20.7 Å². The highest BCUT2D eigenvalue weighted by molar-refractivity contribution is 7.15. The van der Waals surface area contributed by atoms with Gasteiger partial charge in [0.25, 0.3) is 0 Å². The quantitative estimate of drug-likeness (QED) is 0.805. The Balaban J connectivity index is 1.59. The van der Waals surface area contributed by atoms with Gasteiger partial charge in [-0.3, -0.25) is 4.79 Å². The van der Waals surface area contributed by atoms with E-state index in [0.717, 1.165) is 29.8 Å². The molecule has 0 bridgehead atoms. The standard InChI is InChI=1S/C16H21N3O4S/c1-10-6-12(23-19-10)7-14(20)18-15-17-9-13(24-15)11-4-5-16(8-11,21-2)22-3/h6,9,11H,4-5,7-8H2,1-3H3,(H,17,18,20). The van der Waals surface area contributed by atoms with Gasteiger partial charge in [-0.05, 0) is 13.3 Å². The maximum Gasteiger partial charge on any atom is 0.233 e. The zero-order valence-corrected chi connectivity index (χ0v) is 14.8. The highest BCUT2D eigenvalue weighted by Crippen LogP contribution is 2.45. The molecule has 1 fully saturated rings. The Morgan fingerprint density at radius 3 is 2.92 bits per heavy atom. The summed E-state index contributed by atoms with van der Waals surface area (Å²) in [6.07, 6.45) is 4.61. The van der Waals surface area contributed by atoms with Crippen LogP contribution in [0.3, 0.4) is 0 Å². The minimum atomic E-state index is -0.498. The van der Waals surface area contributed by atoms with E-state index in [1.165, 1.54) is 11.3 Å². The van der Waals surface area contributed by atoms with Gasteiger partial charge < -0.3 is 19.3 Å². The Morgan fingerprint density at radius 2 is 2.29 bits per heavy atom. The average Bonchev–Trinajstić information content (AvgIpc) is 3.27. The molecule has 130 valence electrons. The number of ether oxygens (including phenoxy) is 2. The second kappa shape index (κ2) is 7.00. The third kappa shape index (κ3) is 3.66. The second-order valence-electron chi connectivity index (χ2n) is 5.99. The number of aromatic nitrogens is 2. The van der Waals surface area contributed by atoms with Crippen LogP contribution in [0, 0.1) is 6.92 Å². The van der Waals surface area contributed by atoms with Crippen LogP contribution >= 0.6 is 11.3 Å². The lowest BCUT2D eigenvalue weighted by molar-refractivity contribution is -0.201.